The van der Waals surface area contributed by atoms with Crippen molar-refractivity contribution >= 4 is 0 Å². The van der Waals surface area contributed by atoms with E-state index in [2.05, 4.69) is 23.3 Å². The lowest BCUT2D eigenvalue weighted by Gasteiger charge is -2.22. The van der Waals surface area contributed by atoms with Crippen molar-refractivity contribution in [3.05, 3.63) is 23.4 Å². The molecule has 0 aliphatic carbocycles. The summed E-state index contributed by atoms with van der Waals surface area (Å²) in [6.07, 6.45) is 3.74. The van der Waals surface area contributed by atoms with Crippen molar-refractivity contribution in [3.63, 3.8) is 0 Å². The monoisotopic (exact) mass is 264 g/mol. The van der Waals surface area contributed by atoms with E-state index in [1.54, 1.807) is 0 Å². The summed E-state index contributed by atoms with van der Waals surface area (Å²) < 4.78 is 11.4. The Balaban J connectivity index is 1.84. The number of nitrogens with one attached hydrogen (secondary N) is 1. The van der Waals surface area contributed by atoms with Gasteiger partial charge in [-0.15, -0.1) is 0 Å². The lowest BCUT2D eigenvalue weighted by molar-refractivity contribution is -0.0119. The van der Waals surface area contributed by atoms with Gasteiger partial charge in [-0.2, -0.15) is 0 Å². The Hall–Kier alpha value is -1.13. The first-order chi connectivity index (χ1) is 9.29. The summed E-state index contributed by atoms with van der Waals surface area (Å²) in [5.74, 6) is 0.701. The molecule has 1 fully saturated rings. The van der Waals surface area contributed by atoms with Gasteiger partial charge >= 0.3 is 0 Å². The summed E-state index contributed by atoms with van der Waals surface area (Å²) in [5.41, 5.74) is 2.26. The van der Waals surface area contributed by atoms with Crippen molar-refractivity contribution in [3.8, 4) is 5.88 Å². The normalized spacial score (nSPS) is 19.4. The number of hydrogen-bond acceptors (Lipinski definition) is 4. The molecule has 0 bridgehead atoms. The fraction of sp³-hybridized carbons (Fsp3) is 0.667. The highest BCUT2D eigenvalue weighted by Crippen LogP contribution is 2.16. The average Bonchev–Trinajstić information content (AvgIpc) is 2.45. The molecule has 1 aliphatic heterocycles. The van der Waals surface area contributed by atoms with Gasteiger partial charge in [-0.25, -0.2) is 4.98 Å². The second-order valence-electron chi connectivity index (χ2n) is 4.97. The summed E-state index contributed by atoms with van der Waals surface area (Å²) in [7, 11) is 0. The van der Waals surface area contributed by atoms with E-state index in [4.69, 9.17) is 9.47 Å². The van der Waals surface area contributed by atoms with Gasteiger partial charge < -0.3 is 14.8 Å². The first-order valence-corrected chi connectivity index (χ1v) is 7.21. The maximum atomic E-state index is 5.73. The molecule has 19 heavy (non-hydrogen) atoms. The average molecular weight is 264 g/mol. The first-order valence-electron chi connectivity index (χ1n) is 7.21. The third-order valence-corrected chi connectivity index (χ3v) is 3.43. The summed E-state index contributed by atoms with van der Waals surface area (Å²) in [4.78, 5) is 4.49. The molecule has 0 aromatic carbocycles. The third-order valence-electron chi connectivity index (χ3n) is 3.43. The van der Waals surface area contributed by atoms with Gasteiger partial charge in [0.15, 0.2) is 0 Å². The number of aromatic nitrogens is 1. The number of pyridine rings is 1. The molecule has 4 heteroatoms. The Morgan fingerprint density at radius 1 is 1.42 bits per heavy atom. The van der Waals surface area contributed by atoms with Crippen LogP contribution in [0.25, 0.3) is 0 Å². The second-order valence-corrected chi connectivity index (χ2v) is 4.97. The quantitative estimate of drug-likeness (QED) is 0.857. The van der Waals surface area contributed by atoms with Crippen LogP contribution in [-0.2, 0) is 11.3 Å². The van der Waals surface area contributed by atoms with E-state index < -0.39 is 0 Å². The van der Waals surface area contributed by atoms with Crippen LogP contribution < -0.4 is 10.1 Å². The van der Waals surface area contributed by atoms with Gasteiger partial charge in [0.2, 0.25) is 5.88 Å². The highest BCUT2D eigenvalue weighted by molar-refractivity contribution is 5.24. The zero-order chi connectivity index (χ0) is 13.5. The molecule has 2 rings (SSSR count). The molecule has 1 saturated heterocycles. The molecule has 1 aromatic rings. The lowest BCUT2D eigenvalue weighted by Crippen LogP contribution is -2.26. The highest BCUT2D eigenvalue weighted by atomic mass is 16.5. The number of ether oxygens (including phenoxy) is 2. The molecular weight excluding hydrogens is 240 g/mol. The van der Waals surface area contributed by atoms with Crippen LogP contribution >= 0.6 is 0 Å². The van der Waals surface area contributed by atoms with Crippen LogP contribution in [0.3, 0.4) is 0 Å². The van der Waals surface area contributed by atoms with Crippen molar-refractivity contribution < 1.29 is 9.47 Å². The lowest BCUT2D eigenvalue weighted by atomic mass is 10.1. The third kappa shape index (κ3) is 4.48. The van der Waals surface area contributed by atoms with Crippen LogP contribution in [0.5, 0.6) is 5.88 Å². The topological polar surface area (TPSA) is 43.4 Å². The SMILES string of the molecule is CCNCc1ccc(OCC2CCCCO2)nc1C. The van der Waals surface area contributed by atoms with Crippen LogP contribution in [0.2, 0.25) is 0 Å². The van der Waals surface area contributed by atoms with Gasteiger partial charge in [-0.3, -0.25) is 0 Å². The van der Waals surface area contributed by atoms with Crippen molar-refractivity contribution in [2.24, 2.45) is 0 Å². The fourth-order valence-corrected chi connectivity index (χ4v) is 2.21. The molecule has 1 N–H and O–H groups in total. The van der Waals surface area contributed by atoms with E-state index in [0.717, 1.165) is 31.8 Å². The first kappa shape index (κ1) is 14.3. The smallest absolute Gasteiger partial charge is 0.213 e. The Morgan fingerprint density at radius 2 is 2.32 bits per heavy atom. The fourth-order valence-electron chi connectivity index (χ4n) is 2.21. The summed E-state index contributed by atoms with van der Waals surface area (Å²) in [6, 6.07) is 4.03. The van der Waals surface area contributed by atoms with E-state index in [9.17, 15) is 0 Å². The van der Waals surface area contributed by atoms with Gasteiger partial charge in [0.25, 0.3) is 0 Å². The maximum Gasteiger partial charge on any atom is 0.213 e. The Morgan fingerprint density at radius 3 is 3.00 bits per heavy atom. The van der Waals surface area contributed by atoms with Gasteiger partial charge in [-0.05, 0) is 38.3 Å². The Kier molecular flexibility index (Phi) is 5.61. The van der Waals surface area contributed by atoms with E-state index in [0.29, 0.717) is 12.5 Å². The van der Waals surface area contributed by atoms with E-state index >= 15 is 0 Å². The zero-order valence-corrected chi connectivity index (χ0v) is 11.9. The number of hydrogen-bond donors (Lipinski definition) is 1. The molecule has 106 valence electrons. The summed E-state index contributed by atoms with van der Waals surface area (Å²) >= 11 is 0. The predicted octanol–water partition coefficient (Wildman–Crippen LogP) is 2.45. The summed E-state index contributed by atoms with van der Waals surface area (Å²) in [5, 5.41) is 3.31. The second kappa shape index (κ2) is 7.46. The molecule has 1 atom stereocenters. The molecule has 2 heterocycles. The molecule has 4 nitrogen and oxygen atoms in total. The van der Waals surface area contributed by atoms with Crippen LogP contribution in [0.1, 0.15) is 37.4 Å². The van der Waals surface area contributed by atoms with Gasteiger partial charge in [0.05, 0.1) is 6.10 Å². The maximum absolute atomic E-state index is 5.73. The minimum atomic E-state index is 0.234. The van der Waals surface area contributed by atoms with Gasteiger partial charge in [-0.1, -0.05) is 13.0 Å². The van der Waals surface area contributed by atoms with Crippen molar-refractivity contribution in [2.75, 3.05) is 19.8 Å². The molecule has 1 aromatic heterocycles. The summed E-state index contributed by atoms with van der Waals surface area (Å²) in [6.45, 7) is 7.43. The predicted molar refractivity (Wildman–Crippen MR) is 75.4 cm³/mol. The van der Waals surface area contributed by atoms with E-state index in [1.165, 1.54) is 18.4 Å². The van der Waals surface area contributed by atoms with Crippen LogP contribution in [0.15, 0.2) is 12.1 Å². The van der Waals surface area contributed by atoms with Crippen molar-refractivity contribution in [1.29, 1.82) is 0 Å². The van der Waals surface area contributed by atoms with Crippen molar-refractivity contribution in [2.45, 2.75) is 45.8 Å². The Bertz CT molecular complexity index is 390. The standard InChI is InChI=1S/C15H24N2O2/c1-3-16-10-13-7-8-15(17-12(13)2)19-11-14-6-4-5-9-18-14/h7-8,14,16H,3-6,9-11H2,1-2H3. The molecule has 1 unspecified atom stereocenters. The minimum absolute atomic E-state index is 0.234. The van der Waals surface area contributed by atoms with Crippen LogP contribution in [0.4, 0.5) is 0 Å². The molecular formula is C15H24N2O2. The van der Waals surface area contributed by atoms with E-state index in [-0.39, 0.29) is 6.10 Å². The molecule has 1 aliphatic rings. The highest BCUT2D eigenvalue weighted by Gasteiger charge is 2.14. The number of aryl methyl sites for hydroxylation is 1. The van der Waals surface area contributed by atoms with E-state index in [1.807, 2.05) is 13.0 Å². The van der Waals surface area contributed by atoms with Crippen LogP contribution in [0, 0.1) is 6.92 Å². The zero-order valence-electron chi connectivity index (χ0n) is 11.9. The number of rotatable bonds is 6. The van der Waals surface area contributed by atoms with Gasteiger partial charge in [0, 0.05) is 24.9 Å². The Labute approximate surface area is 115 Å². The molecule has 0 amide bonds. The van der Waals surface area contributed by atoms with Crippen molar-refractivity contribution in [1.82, 2.24) is 10.3 Å². The largest absolute Gasteiger partial charge is 0.475 e. The molecule has 0 saturated carbocycles. The molecule has 0 spiro atoms. The van der Waals surface area contributed by atoms with Crippen LogP contribution in [-0.4, -0.2) is 30.8 Å². The van der Waals surface area contributed by atoms with Gasteiger partial charge in [0.1, 0.15) is 6.61 Å². The number of nitrogens with zero attached hydrogens (tertiary/aromatic N) is 1. The molecule has 0 radical (unpaired) electrons. The minimum Gasteiger partial charge on any atom is -0.475 e.